The highest BCUT2D eigenvalue weighted by Crippen LogP contribution is 2.27. The van der Waals surface area contributed by atoms with Gasteiger partial charge in [-0.25, -0.2) is 0 Å². The van der Waals surface area contributed by atoms with Gasteiger partial charge in [-0.15, -0.1) is 0 Å². The molecule has 0 aromatic heterocycles. The van der Waals surface area contributed by atoms with E-state index in [4.69, 9.17) is 10.5 Å². The van der Waals surface area contributed by atoms with Gasteiger partial charge in [-0.2, -0.15) is 0 Å². The van der Waals surface area contributed by atoms with Crippen molar-refractivity contribution in [3.05, 3.63) is 29.3 Å². The molecule has 1 aromatic rings. The maximum Gasteiger partial charge on any atom is 0.122 e. The molecule has 2 aliphatic heterocycles. The maximum absolute atomic E-state index is 5.73. The van der Waals surface area contributed by atoms with Gasteiger partial charge in [0.15, 0.2) is 0 Å². The Morgan fingerprint density at radius 2 is 2.11 bits per heavy atom. The number of rotatable bonds is 3. The number of fused-ring (bicyclic) bond motifs is 1. The van der Waals surface area contributed by atoms with E-state index in [1.165, 1.54) is 37.1 Å². The summed E-state index contributed by atoms with van der Waals surface area (Å²) < 4.78 is 5.54. The van der Waals surface area contributed by atoms with Gasteiger partial charge in [-0.3, -0.25) is 4.90 Å². The smallest absolute Gasteiger partial charge is 0.122 e. The molecular weight excluding hydrogens is 224 g/mol. The molecule has 0 unspecified atom stereocenters. The minimum Gasteiger partial charge on any atom is -0.493 e. The number of nitrogens with two attached hydrogens (primary N) is 1. The van der Waals surface area contributed by atoms with Crippen LogP contribution in [0.1, 0.15) is 24.0 Å². The van der Waals surface area contributed by atoms with Gasteiger partial charge in [-0.1, -0.05) is 12.1 Å². The Hall–Kier alpha value is -1.06. The Morgan fingerprint density at radius 1 is 1.28 bits per heavy atom. The Morgan fingerprint density at radius 3 is 2.89 bits per heavy atom. The SMILES string of the molecule is NCC1CCN(Cc2ccc3c(c2)CCO3)CC1. The quantitative estimate of drug-likeness (QED) is 0.883. The third kappa shape index (κ3) is 2.52. The van der Waals surface area contributed by atoms with Crippen LogP contribution in [0.2, 0.25) is 0 Å². The molecule has 1 aromatic carbocycles. The summed E-state index contributed by atoms with van der Waals surface area (Å²) in [6.07, 6.45) is 3.58. The number of benzene rings is 1. The molecule has 3 nitrogen and oxygen atoms in total. The Kier molecular flexibility index (Phi) is 3.52. The fourth-order valence-electron chi connectivity index (χ4n) is 2.98. The van der Waals surface area contributed by atoms with Gasteiger partial charge in [0.25, 0.3) is 0 Å². The van der Waals surface area contributed by atoms with E-state index in [2.05, 4.69) is 23.1 Å². The molecule has 1 fully saturated rings. The normalized spacial score (nSPS) is 20.7. The van der Waals surface area contributed by atoms with Crippen LogP contribution < -0.4 is 10.5 Å². The second-order valence-electron chi connectivity index (χ2n) is 5.50. The largest absolute Gasteiger partial charge is 0.493 e. The number of ether oxygens (including phenoxy) is 1. The number of nitrogens with zero attached hydrogens (tertiary/aromatic N) is 1. The van der Waals surface area contributed by atoms with E-state index in [9.17, 15) is 0 Å². The van der Waals surface area contributed by atoms with E-state index in [-0.39, 0.29) is 0 Å². The molecule has 18 heavy (non-hydrogen) atoms. The van der Waals surface area contributed by atoms with Crippen LogP contribution in [0.4, 0.5) is 0 Å². The van der Waals surface area contributed by atoms with Gasteiger partial charge in [0.05, 0.1) is 6.61 Å². The first-order chi connectivity index (χ1) is 8.85. The summed E-state index contributed by atoms with van der Waals surface area (Å²) in [4.78, 5) is 2.55. The van der Waals surface area contributed by atoms with E-state index >= 15 is 0 Å². The van der Waals surface area contributed by atoms with E-state index in [1.807, 2.05) is 0 Å². The van der Waals surface area contributed by atoms with E-state index in [0.29, 0.717) is 0 Å². The second kappa shape index (κ2) is 5.29. The molecule has 3 heteroatoms. The van der Waals surface area contributed by atoms with Gasteiger partial charge in [0, 0.05) is 13.0 Å². The predicted octanol–water partition coefficient (Wildman–Crippen LogP) is 1.79. The first-order valence-electron chi connectivity index (χ1n) is 7.02. The zero-order valence-electron chi connectivity index (χ0n) is 10.9. The lowest BCUT2D eigenvalue weighted by atomic mass is 9.96. The highest BCUT2D eigenvalue weighted by molar-refractivity contribution is 5.39. The molecule has 0 radical (unpaired) electrons. The van der Waals surface area contributed by atoms with Crippen LogP contribution in [-0.4, -0.2) is 31.1 Å². The molecule has 0 bridgehead atoms. The van der Waals surface area contributed by atoms with Crippen LogP contribution in [0.3, 0.4) is 0 Å². The van der Waals surface area contributed by atoms with E-state index < -0.39 is 0 Å². The monoisotopic (exact) mass is 246 g/mol. The molecular formula is C15H22N2O. The van der Waals surface area contributed by atoms with Crippen molar-refractivity contribution >= 4 is 0 Å². The molecule has 2 N–H and O–H groups in total. The number of piperidine rings is 1. The molecule has 3 rings (SSSR count). The third-order valence-electron chi connectivity index (χ3n) is 4.20. The minimum absolute atomic E-state index is 0.745. The molecule has 0 spiro atoms. The van der Waals surface area contributed by atoms with Crippen molar-refractivity contribution in [1.29, 1.82) is 0 Å². The lowest BCUT2D eigenvalue weighted by molar-refractivity contribution is 0.180. The van der Waals surface area contributed by atoms with Gasteiger partial charge in [0.2, 0.25) is 0 Å². The highest BCUT2D eigenvalue weighted by atomic mass is 16.5. The zero-order chi connectivity index (χ0) is 12.4. The van der Waals surface area contributed by atoms with Crippen molar-refractivity contribution in [3.63, 3.8) is 0 Å². The first-order valence-corrected chi connectivity index (χ1v) is 7.02. The van der Waals surface area contributed by atoms with Crippen LogP contribution in [0.5, 0.6) is 5.75 Å². The van der Waals surface area contributed by atoms with Crippen molar-refractivity contribution in [1.82, 2.24) is 4.90 Å². The van der Waals surface area contributed by atoms with Crippen LogP contribution >= 0.6 is 0 Å². The van der Waals surface area contributed by atoms with E-state index in [0.717, 1.165) is 37.8 Å². The Balaban J connectivity index is 1.60. The number of likely N-dealkylation sites (tertiary alicyclic amines) is 1. The summed E-state index contributed by atoms with van der Waals surface area (Å²) >= 11 is 0. The summed E-state index contributed by atoms with van der Waals surface area (Å²) in [7, 11) is 0. The summed E-state index contributed by atoms with van der Waals surface area (Å²) in [5.41, 5.74) is 8.53. The minimum atomic E-state index is 0.745. The average Bonchev–Trinajstić information content (AvgIpc) is 2.87. The molecule has 98 valence electrons. The van der Waals surface area contributed by atoms with Crippen molar-refractivity contribution in [2.24, 2.45) is 11.7 Å². The van der Waals surface area contributed by atoms with Crippen molar-refractivity contribution < 1.29 is 4.74 Å². The molecule has 0 saturated carbocycles. The Bertz CT molecular complexity index is 411. The standard InChI is InChI=1S/C15H22N2O/c16-10-12-3-6-17(7-4-12)11-13-1-2-15-14(9-13)5-8-18-15/h1-2,9,12H,3-8,10-11,16H2. The zero-order valence-corrected chi connectivity index (χ0v) is 10.9. The van der Waals surface area contributed by atoms with Crippen molar-refractivity contribution in [2.75, 3.05) is 26.2 Å². The Labute approximate surface area is 109 Å². The van der Waals surface area contributed by atoms with Crippen LogP contribution in [0.15, 0.2) is 18.2 Å². The molecule has 0 amide bonds. The first kappa shape index (κ1) is 12.0. The summed E-state index contributed by atoms with van der Waals surface area (Å²) in [5.74, 6) is 1.83. The van der Waals surface area contributed by atoms with Crippen molar-refractivity contribution in [2.45, 2.75) is 25.8 Å². The van der Waals surface area contributed by atoms with Crippen LogP contribution in [0.25, 0.3) is 0 Å². The highest BCUT2D eigenvalue weighted by Gasteiger charge is 2.19. The topological polar surface area (TPSA) is 38.5 Å². The molecule has 1 saturated heterocycles. The van der Waals surface area contributed by atoms with Crippen LogP contribution in [0, 0.1) is 5.92 Å². The average molecular weight is 246 g/mol. The van der Waals surface area contributed by atoms with Gasteiger partial charge in [0.1, 0.15) is 5.75 Å². The summed E-state index contributed by atoms with van der Waals surface area (Å²) in [5, 5.41) is 0. The lowest BCUT2D eigenvalue weighted by Gasteiger charge is -2.31. The van der Waals surface area contributed by atoms with E-state index in [1.54, 1.807) is 0 Å². The predicted molar refractivity (Wildman–Crippen MR) is 72.7 cm³/mol. The third-order valence-corrected chi connectivity index (χ3v) is 4.20. The fraction of sp³-hybridized carbons (Fsp3) is 0.600. The van der Waals surface area contributed by atoms with Crippen LogP contribution in [-0.2, 0) is 13.0 Å². The summed E-state index contributed by atoms with van der Waals surface area (Å²) in [6, 6.07) is 6.65. The maximum atomic E-state index is 5.73. The van der Waals surface area contributed by atoms with Gasteiger partial charge >= 0.3 is 0 Å². The summed E-state index contributed by atoms with van der Waals surface area (Å²) in [6.45, 7) is 5.15. The fourth-order valence-corrected chi connectivity index (χ4v) is 2.98. The molecule has 0 atom stereocenters. The van der Waals surface area contributed by atoms with Gasteiger partial charge in [-0.05, 0) is 55.6 Å². The van der Waals surface area contributed by atoms with Crippen molar-refractivity contribution in [3.8, 4) is 5.75 Å². The molecule has 2 aliphatic rings. The molecule has 2 heterocycles. The van der Waals surface area contributed by atoms with Gasteiger partial charge < -0.3 is 10.5 Å². The second-order valence-corrected chi connectivity index (χ2v) is 5.50. The molecule has 0 aliphatic carbocycles. The number of hydrogen-bond acceptors (Lipinski definition) is 3. The lowest BCUT2D eigenvalue weighted by Crippen LogP contribution is -2.35. The number of hydrogen-bond donors (Lipinski definition) is 1.